The average Bonchev–Trinajstić information content (AvgIpc) is 2.06. The molecule has 0 fully saturated rings. The van der Waals surface area contributed by atoms with Crippen LogP contribution in [-0.4, -0.2) is 20.5 Å². The molecule has 1 nitrogen and oxygen atoms in total. The van der Waals surface area contributed by atoms with Crippen LogP contribution in [0.25, 0.3) is 0 Å². The van der Waals surface area contributed by atoms with E-state index in [4.69, 9.17) is 17.3 Å². The summed E-state index contributed by atoms with van der Waals surface area (Å²) in [4.78, 5) is 2.15. The van der Waals surface area contributed by atoms with Crippen LogP contribution in [-0.2, 0) is 0 Å². The molecule has 2 N–H and O–H groups in total. The van der Waals surface area contributed by atoms with Crippen LogP contribution in [0.15, 0.2) is 35.3 Å². The molecule has 14 heavy (non-hydrogen) atoms. The number of hydrogen-bond donors (Lipinski definition) is 1. The van der Waals surface area contributed by atoms with Crippen molar-refractivity contribution in [1.29, 1.82) is 0 Å². The van der Waals surface area contributed by atoms with Gasteiger partial charge < -0.3 is 0 Å². The summed E-state index contributed by atoms with van der Waals surface area (Å²) in [6, 6.07) is 7.94. The van der Waals surface area contributed by atoms with Crippen LogP contribution in [0.2, 0.25) is 5.02 Å². The number of nitrogens with two attached hydrogens (primary N) is 1. The Morgan fingerprint density at radius 2 is 1.86 bits per heavy atom. The fourth-order valence-corrected chi connectivity index (χ4v) is 2.75. The van der Waals surface area contributed by atoms with Gasteiger partial charge in [0.1, 0.15) is 0 Å². The van der Waals surface area contributed by atoms with Crippen molar-refractivity contribution in [3.8, 4) is 0 Å². The Bertz CT molecular complexity index is 311. The molecule has 0 aromatic heterocycles. The van der Waals surface area contributed by atoms with Crippen molar-refractivity contribution in [2.24, 2.45) is 5.73 Å². The predicted molar refractivity (Wildman–Crippen MR) is 64.2 cm³/mol. The van der Waals surface area contributed by atoms with Crippen LogP contribution in [0.1, 0.15) is 13.8 Å². The van der Waals surface area contributed by atoms with E-state index in [2.05, 4.69) is 17.1 Å². The van der Waals surface area contributed by atoms with Crippen molar-refractivity contribution >= 4 is 31.0 Å². The van der Waals surface area contributed by atoms with Crippen molar-refractivity contribution in [1.82, 2.24) is 0 Å². The molecule has 0 amide bonds. The third-order valence-electron chi connectivity index (χ3n) is 1.52. The third-order valence-corrected chi connectivity index (χ3v) is 3.48. The maximum absolute atomic E-state index is 5.83. The first-order valence-corrected chi connectivity index (χ1v) is 6.58. The van der Waals surface area contributed by atoms with Gasteiger partial charge in [-0.05, 0) is 0 Å². The number of halogens is 1. The fourth-order valence-electron chi connectivity index (χ4n) is 0.801. The molecule has 1 aromatic carbocycles. The van der Waals surface area contributed by atoms with Gasteiger partial charge in [-0.2, -0.15) is 0 Å². The normalized spacial score (nSPS) is 12.3. The molecule has 0 bridgehead atoms. The van der Waals surface area contributed by atoms with Gasteiger partial charge in [0.25, 0.3) is 0 Å². The first-order chi connectivity index (χ1) is 6.47. The van der Waals surface area contributed by atoms with Crippen molar-refractivity contribution in [3.05, 3.63) is 40.3 Å². The molecular formula is C11H14ClNSe. The monoisotopic (exact) mass is 275 g/mol. The Morgan fingerprint density at radius 1 is 1.29 bits per heavy atom. The summed E-state index contributed by atoms with van der Waals surface area (Å²) >= 11 is 6.14. The molecule has 0 radical (unpaired) electrons. The molecule has 0 spiro atoms. The molecule has 76 valence electrons. The van der Waals surface area contributed by atoms with E-state index >= 15 is 0 Å². The van der Waals surface area contributed by atoms with Gasteiger partial charge in [-0.15, -0.1) is 0 Å². The standard InChI is InChI=1S/C11H14ClNSe/c1-11(2,13)7-8-14-10-5-3-9(12)4-6-10/h3-8H,13H2,1-2H3/b8-7+. The van der Waals surface area contributed by atoms with E-state index in [1.165, 1.54) is 4.46 Å². The fraction of sp³-hybridized carbons (Fsp3) is 0.273. The van der Waals surface area contributed by atoms with Gasteiger partial charge in [-0.3, -0.25) is 0 Å². The Balaban J connectivity index is 2.54. The minimum absolute atomic E-state index is 0.214. The summed E-state index contributed by atoms with van der Waals surface area (Å²) in [5.74, 6) is 0. The van der Waals surface area contributed by atoms with Crippen LogP contribution in [0.5, 0.6) is 0 Å². The van der Waals surface area contributed by atoms with Gasteiger partial charge in [0.2, 0.25) is 0 Å². The number of benzene rings is 1. The Hall–Kier alpha value is -0.271. The Morgan fingerprint density at radius 3 is 2.36 bits per heavy atom. The van der Waals surface area contributed by atoms with Crippen LogP contribution in [0.4, 0.5) is 0 Å². The van der Waals surface area contributed by atoms with Gasteiger partial charge in [-0.25, -0.2) is 0 Å². The van der Waals surface area contributed by atoms with Crippen LogP contribution in [0, 0.1) is 0 Å². The van der Waals surface area contributed by atoms with Gasteiger partial charge in [0.05, 0.1) is 0 Å². The molecule has 0 aliphatic rings. The maximum atomic E-state index is 5.83. The molecule has 0 aliphatic heterocycles. The van der Waals surface area contributed by atoms with Crippen LogP contribution >= 0.6 is 11.6 Å². The molecule has 0 aliphatic carbocycles. The molecule has 1 rings (SSSR count). The summed E-state index contributed by atoms with van der Waals surface area (Å²) in [6.45, 7) is 3.98. The topological polar surface area (TPSA) is 26.0 Å². The van der Waals surface area contributed by atoms with Crippen LogP contribution in [0.3, 0.4) is 0 Å². The molecule has 0 unspecified atom stereocenters. The molecular weight excluding hydrogens is 261 g/mol. The summed E-state index contributed by atoms with van der Waals surface area (Å²) in [7, 11) is 0. The Labute approximate surface area is 96.5 Å². The quantitative estimate of drug-likeness (QED) is 0.838. The predicted octanol–water partition coefficient (Wildman–Crippen LogP) is 1.92. The molecule has 1 aromatic rings. The van der Waals surface area contributed by atoms with Gasteiger partial charge in [0, 0.05) is 0 Å². The van der Waals surface area contributed by atoms with Crippen molar-refractivity contribution in [2.75, 3.05) is 0 Å². The molecule has 0 heterocycles. The number of hydrogen-bond acceptors (Lipinski definition) is 1. The van der Waals surface area contributed by atoms with E-state index in [-0.39, 0.29) is 5.54 Å². The Kier molecular flexibility index (Phi) is 4.21. The van der Waals surface area contributed by atoms with E-state index in [0.717, 1.165) is 5.02 Å². The molecule has 0 saturated carbocycles. The van der Waals surface area contributed by atoms with E-state index in [0.29, 0.717) is 15.0 Å². The third kappa shape index (κ3) is 4.82. The summed E-state index contributed by atoms with van der Waals surface area (Å²) in [5.41, 5.74) is 5.61. The average molecular weight is 275 g/mol. The first-order valence-electron chi connectivity index (χ1n) is 4.36. The SMILES string of the molecule is CC(C)(N)/C=C/[Se]c1ccc(Cl)cc1. The van der Waals surface area contributed by atoms with E-state index in [9.17, 15) is 0 Å². The zero-order valence-electron chi connectivity index (χ0n) is 8.33. The zero-order valence-corrected chi connectivity index (χ0v) is 10.8. The van der Waals surface area contributed by atoms with Crippen molar-refractivity contribution in [2.45, 2.75) is 19.4 Å². The molecule has 0 saturated heterocycles. The zero-order chi connectivity index (χ0) is 10.6. The van der Waals surface area contributed by atoms with E-state index in [1.807, 2.05) is 32.1 Å². The second-order valence-corrected chi connectivity index (χ2v) is 6.19. The van der Waals surface area contributed by atoms with Crippen molar-refractivity contribution < 1.29 is 0 Å². The number of rotatable bonds is 3. The summed E-state index contributed by atoms with van der Waals surface area (Å²) in [6.07, 6.45) is 2.04. The van der Waals surface area contributed by atoms with Crippen molar-refractivity contribution in [3.63, 3.8) is 0 Å². The van der Waals surface area contributed by atoms with Gasteiger partial charge >= 0.3 is 96.5 Å². The molecule has 3 heteroatoms. The van der Waals surface area contributed by atoms with E-state index < -0.39 is 0 Å². The second kappa shape index (κ2) is 4.99. The first kappa shape index (κ1) is 11.8. The summed E-state index contributed by atoms with van der Waals surface area (Å²) < 4.78 is 1.31. The van der Waals surface area contributed by atoms with Gasteiger partial charge in [-0.1, -0.05) is 0 Å². The van der Waals surface area contributed by atoms with Crippen LogP contribution < -0.4 is 10.2 Å². The van der Waals surface area contributed by atoms with Gasteiger partial charge in [0.15, 0.2) is 0 Å². The minimum atomic E-state index is -0.214. The summed E-state index contributed by atoms with van der Waals surface area (Å²) in [5, 5.41) is 0.785. The van der Waals surface area contributed by atoms with E-state index in [1.54, 1.807) is 0 Å². The second-order valence-electron chi connectivity index (χ2n) is 3.70. The molecule has 0 atom stereocenters.